The Morgan fingerprint density at radius 2 is 2.14 bits per heavy atom. The van der Waals surface area contributed by atoms with E-state index in [1.54, 1.807) is 24.3 Å². The summed E-state index contributed by atoms with van der Waals surface area (Å²) in [5.41, 5.74) is 1.66. The van der Waals surface area contributed by atoms with Gasteiger partial charge < -0.3 is 14.2 Å². The normalized spacial score (nSPS) is 10.6. The van der Waals surface area contributed by atoms with E-state index >= 15 is 0 Å². The summed E-state index contributed by atoms with van der Waals surface area (Å²) in [5, 5.41) is 3.17. The summed E-state index contributed by atoms with van der Waals surface area (Å²) >= 11 is 6.10. The molecule has 21 heavy (non-hydrogen) atoms. The summed E-state index contributed by atoms with van der Waals surface area (Å²) in [6, 6.07) is 8.76. The highest BCUT2D eigenvalue weighted by Gasteiger charge is 2.20. The van der Waals surface area contributed by atoms with Crippen molar-refractivity contribution in [3.05, 3.63) is 59.3 Å². The third kappa shape index (κ3) is 2.68. The second kappa shape index (κ2) is 5.46. The molecule has 0 aliphatic carbocycles. The van der Waals surface area contributed by atoms with Gasteiger partial charge in [0.2, 0.25) is 5.76 Å². The minimum atomic E-state index is -0.416. The molecule has 3 aromatic rings. The predicted molar refractivity (Wildman–Crippen MR) is 78.3 cm³/mol. The average Bonchev–Trinajstić information content (AvgIpc) is 3.10. The number of benzene rings is 1. The molecule has 0 aliphatic heterocycles. The van der Waals surface area contributed by atoms with Crippen molar-refractivity contribution in [3.63, 3.8) is 0 Å². The van der Waals surface area contributed by atoms with Crippen LogP contribution < -0.4 is 5.32 Å². The number of rotatable bonds is 3. The molecule has 0 saturated heterocycles. The standard InChI is InChI=1S/C15H11ClN2O3/c1-9-4-5-11(10(16)7-9)18-15(19)13-14(21-8-17-13)12-3-2-6-20-12/h2-8H,1H3,(H,18,19). The molecule has 1 amide bonds. The molecule has 106 valence electrons. The molecule has 0 saturated carbocycles. The van der Waals surface area contributed by atoms with Crippen molar-refractivity contribution >= 4 is 23.2 Å². The minimum absolute atomic E-state index is 0.140. The molecule has 1 N–H and O–H groups in total. The Bertz CT molecular complexity index is 778. The molecule has 3 rings (SSSR count). The first kappa shape index (κ1) is 13.5. The number of furan rings is 1. The zero-order valence-corrected chi connectivity index (χ0v) is 11.8. The van der Waals surface area contributed by atoms with Gasteiger partial charge in [0, 0.05) is 0 Å². The smallest absolute Gasteiger partial charge is 0.278 e. The van der Waals surface area contributed by atoms with Gasteiger partial charge in [0.25, 0.3) is 5.91 Å². The zero-order valence-electron chi connectivity index (χ0n) is 11.1. The average molecular weight is 303 g/mol. The number of nitrogens with one attached hydrogen (secondary N) is 1. The van der Waals surface area contributed by atoms with Gasteiger partial charge in [-0.3, -0.25) is 4.79 Å². The number of carbonyl (C=O) groups excluding carboxylic acids is 1. The second-order valence-electron chi connectivity index (χ2n) is 4.44. The van der Waals surface area contributed by atoms with Crippen LogP contribution in [-0.2, 0) is 0 Å². The van der Waals surface area contributed by atoms with Crippen molar-refractivity contribution in [2.24, 2.45) is 0 Å². The number of anilines is 1. The zero-order chi connectivity index (χ0) is 14.8. The van der Waals surface area contributed by atoms with Crippen molar-refractivity contribution in [1.82, 2.24) is 4.98 Å². The highest BCUT2D eigenvalue weighted by molar-refractivity contribution is 6.34. The number of hydrogen-bond acceptors (Lipinski definition) is 4. The Kier molecular flexibility index (Phi) is 3.50. The molecule has 5 nitrogen and oxygen atoms in total. The lowest BCUT2D eigenvalue weighted by molar-refractivity contribution is 0.102. The number of nitrogens with zero attached hydrogens (tertiary/aromatic N) is 1. The van der Waals surface area contributed by atoms with Crippen LogP contribution in [0.2, 0.25) is 5.02 Å². The predicted octanol–water partition coefficient (Wildman–Crippen LogP) is 4.15. The molecule has 2 aromatic heterocycles. The number of aryl methyl sites for hydroxylation is 1. The lowest BCUT2D eigenvalue weighted by Crippen LogP contribution is -2.13. The van der Waals surface area contributed by atoms with Crippen LogP contribution in [0, 0.1) is 6.92 Å². The summed E-state index contributed by atoms with van der Waals surface area (Å²) in [4.78, 5) is 16.2. The van der Waals surface area contributed by atoms with Crippen molar-refractivity contribution < 1.29 is 13.6 Å². The van der Waals surface area contributed by atoms with Gasteiger partial charge >= 0.3 is 0 Å². The van der Waals surface area contributed by atoms with Crippen LogP contribution >= 0.6 is 11.6 Å². The third-order valence-corrected chi connectivity index (χ3v) is 3.21. The fraction of sp³-hybridized carbons (Fsp3) is 0.0667. The van der Waals surface area contributed by atoms with Gasteiger partial charge in [0.05, 0.1) is 17.0 Å². The summed E-state index contributed by atoms with van der Waals surface area (Å²) in [6.45, 7) is 1.92. The number of hydrogen-bond donors (Lipinski definition) is 1. The molecular weight excluding hydrogens is 292 g/mol. The Morgan fingerprint density at radius 3 is 2.86 bits per heavy atom. The second-order valence-corrected chi connectivity index (χ2v) is 4.85. The number of amides is 1. The van der Waals surface area contributed by atoms with Gasteiger partial charge in [-0.1, -0.05) is 17.7 Å². The van der Waals surface area contributed by atoms with Crippen LogP contribution in [0.25, 0.3) is 11.5 Å². The Balaban J connectivity index is 1.88. The maximum Gasteiger partial charge on any atom is 0.278 e. The molecule has 0 atom stereocenters. The molecular formula is C15H11ClN2O3. The van der Waals surface area contributed by atoms with Crippen LogP contribution in [0.4, 0.5) is 5.69 Å². The number of carbonyl (C=O) groups is 1. The maximum atomic E-state index is 12.3. The van der Waals surface area contributed by atoms with Crippen LogP contribution in [-0.4, -0.2) is 10.9 Å². The maximum absolute atomic E-state index is 12.3. The van der Waals surface area contributed by atoms with E-state index in [1.807, 2.05) is 13.0 Å². The van der Waals surface area contributed by atoms with Crippen LogP contribution in [0.1, 0.15) is 16.1 Å². The van der Waals surface area contributed by atoms with Crippen LogP contribution in [0.3, 0.4) is 0 Å². The summed E-state index contributed by atoms with van der Waals surface area (Å²) < 4.78 is 10.4. The van der Waals surface area contributed by atoms with E-state index in [1.165, 1.54) is 12.7 Å². The molecule has 0 bridgehead atoms. The quantitative estimate of drug-likeness (QED) is 0.789. The monoisotopic (exact) mass is 302 g/mol. The highest BCUT2D eigenvalue weighted by atomic mass is 35.5. The van der Waals surface area contributed by atoms with Crippen LogP contribution in [0.5, 0.6) is 0 Å². The Labute approximate surface area is 125 Å². The fourth-order valence-electron chi connectivity index (χ4n) is 1.89. The lowest BCUT2D eigenvalue weighted by atomic mass is 10.2. The van der Waals surface area contributed by atoms with Crippen molar-refractivity contribution in [2.75, 3.05) is 5.32 Å². The molecule has 0 spiro atoms. The van der Waals surface area contributed by atoms with E-state index in [0.29, 0.717) is 16.5 Å². The van der Waals surface area contributed by atoms with Gasteiger partial charge in [-0.25, -0.2) is 4.98 Å². The van der Waals surface area contributed by atoms with Gasteiger partial charge in [0.15, 0.2) is 17.8 Å². The first-order valence-electron chi connectivity index (χ1n) is 6.20. The minimum Gasteiger partial charge on any atom is -0.461 e. The van der Waals surface area contributed by atoms with E-state index in [4.69, 9.17) is 20.4 Å². The Hall–Kier alpha value is -2.53. The van der Waals surface area contributed by atoms with Crippen molar-refractivity contribution in [3.8, 4) is 11.5 Å². The van der Waals surface area contributed by atoms with Gasteiger partial charge in [-0.05, 0) is 36.8 Å². The van der Waals surface area contributed by atoms with E-state index in [2.05, 4.69) is 10.3 Å². The van der Waals surface area contributed by atoms with E-state index < -0.39 is 5.91 Å². The van der Waals surface area contributed by atoms with E-state index in [0.717, 1.165) is 5.56 Å². The summed E-state index contributed by atoms with van der Waals surface area (Å²) in [6.07, 6.45) is 2.69. The summed E-state index contributed by atoms with van der Waals surface area (Å²) in [5.74, 6) is 0.300. The molecule has 2 heterocycles. The van der Waals surface area contributed by atoms with Gasteiger partial charge in [0.1, 0.15) is 0 Å². The van der Waals surface area contributed by atoms with E-state index in [-0.39, 0.29) is 11.5 Å². The van der Waals surface area contributed by atoms with Crippen molar-refractivity contribution in [2.45, 2.75) is 6.92 Å². The molecule has 1 aromatic carbocycles. The van der Waals surface area contributed by atoms with Crippen molar-refractivity contribution in [1.29, 1.82) is 0 Å². The highest BCUT2D eigenvalue weighted by Crippen LogP contribution is 2.26. The van der Waals surface area contributed by atoms with Gasteiger partial charge in [-0.15, -0.1) is 0 Å². The Morgan fingerprint density at radius 1 is 1.29 bits per heavy atom. The van der Waals surface area contributed by atoms with Crippen LogP contribution in [0.15, 0.2) is 51.8 Å². The molecule has 6 heteroatoms. The molecule has 0 aliphatic rings. The number of halogens is 1. The molecule has 0 radical (unpaired) electrons. The van der Waals surface area contributed by atoms with E-state index in [9.17, 15) is 4.79 Å². The third-order valence-electron chi connectivity index (χ3n) is 2.90. The van der Waals surface area contributed by atoms with Gasteiger partial charge in [-0.2, -0.15) is 0 Å². The molecule has 0 fully saturated rings. The number of aromatic nitrogens is 1. The first-order valence-corrected chi connectivity index (χ1v) is 6.58. The molecule has 0 unspecified atom stereocenters. The largest absolute Gasteiger partial charge is 0.461 e. The lowest BCUT2D eigenvalue weighted by Gasteiger charge is -2.06. The SMILES string of the molecule is Cc1ccc(NC(=O)c2ncoc2-c2ccco2)c(Cl)c1. The summed E-state index contributed by atoms with van der Waals surface area (Å²) in [7, 11) is 0. The number of oxazole rings is 1. The topological polar surface area (TPSA) is 68.3 Å². The first-order chi connectivity index (χ1) is 10.1. The fourth-order valence-corrected chi connectivity index (χ4v) is 2.18.